The van der Waals surface area contributed by atoms with E-state index in [1.165, 1.54) is 23.8 Å². The minimum Gasteiger partial charge on any atom is -0.448 e. The van der Waals surface area contributed by atoms with E-state index in [-0.39, 0.29) is 29.3 Å². The number of hydrogen-bond acceptors (Lipinski definition) is 7. The molecule has 48 heavy (non-hydrogen) atoms. The number of aryl methyl sites for hydroxylation is 2. The topological polar surface area (TPSA) is 126 Å². The molecule has 10 nitrogen and oxygen atoms in total. The van der Waals surface area contributed by atoms with E-state index in [0.717, 1.165) is 70.1 Å². The number of ether oxygens (including phenoxy) is 1. The van der Waals surface area contributed by atoms with Crippen molar-refractivity contribution in [2.24, 2.45) is 11.8 Å². The molecule has 0 bridgehead atoms. The second kappa shape index (κ2) is 16.3. The molecular formula is C38H49N5O5. The number of carbonyl (C=O) groups is 3. The molecule has 1 atom stereocenters. The number of hydrogen-bond donors (Lipinski definition) is 3. The third-order valence-corrected chi connectivity index (χ3v) is 9.99. The lowest BCUT2D eigenvalue weighted by molar-refractivity contribution is -0.127. The monoisotopic (exact) mass is 655 g/mol. The Hall–Kier alpha value is -4.18. The van der Waals surface area contributed by atoms with Crippen molar-refractivity contribution in [3.63, 3.8) is 0 Å². The normalized spacial score (nSPS) is 18.6. The third kappa shape index (κ3) is 9.04. The van der Waals surface area contributed by atoms with Crippen LogP contribution in [0.4, 0.5) is 11.4 Å². The summed E-state index contributed by atoms with van der Waals surface area (Å²) < 4.78 is 10.9. The van der Waals surface area contributed by atoms with Crippen molar-refractivity contribution in [3.05, 3.63) is 77.0 Å². The maximum Gasteiger partial charge on any atom is 0.277 e. The van der Waals surface area contributed by atoms with Gasteiger partial charge in [-0.25, -0.2) is 4.98 Å². The first kappa shape index (κ1) is 33.7. The van der Waals surface area contributed by atoms with Crippen molar-refractivity contribution < 1.29 is 23.5 Å². The lowest BCUT2D eigenvalue weighted by atomic mass is 9.92. The molecule has 6 rings (SSSR count). The minimum absolute atomic E-state index is 0.00618. The van der Waals surface area contributed by atoms with Crippen molar-refractivity contribution in [2.45, 2.75) is 77.0 Å². The van der Waals surface area contributed by atoms with E-state index in [9.17, 15) is 14.4 Å². The summed E-state index contributed by atoms with van der Waals surface area (Å²) in [6.45, 7) is 6.12. The molecule has 3 aromatic rings. The van der Waals surface area contributed by atoms with Crippen LogP contribution < -0.4 is 20.9 Å². The molecule has 3 N–H and O–H groups in total. The van der Waals surface area contributed by atoms with Crippen molar-refractivity contribution in [1.29, 1.82) is 0 Å². The Balaban J connectivity index is 1.08. The molecule has 2 aromatic carbocycles. The predicted molar refractivity (Wildman–Crippen MR) is 185 cm³/mol. The second-order valence-electron chi connectivity index (χ2n) is 13.6. The van der Waals surface area contributed by atoms with Crippen LogP contribution in [0, 0.1) is 18.8 Å². The largest absolute Gasteiger partial charge is 0.448 e. The summed E-state index contributed by atoms with van der Waals surface area (Å²) in [5.41, 5.74) is 4.98. The summed E-state index contributed by atoms with van der Waals surface area (Å²) in [5, 5.41) is 9.01. The molecule has 3 heterocycles. The molecule has 1 unspecified atom stereocenters. The summed E-state index contributed by atoms with van der Waals surface area (Å²) in [6, 6.07) is 14.2. The molecule has 3 aliphatic rings. The van der Waals surface area contributed by atoms with Crippen molar-refractivity contribution in [1.82, 2.24) is 15.6 Å². The Labute approximate surface area is 283 Å². The van der Waals surface area contributed by atoms with Crippen LogP contribution in [0.2, 0.25) is 0 Å². The Bertz CT molecular complexity index is 1560. The highest BCUT2D eigenvalue weighted by Gasteiger charge is 2.30. The van der Waals surface area contributed by atoms with Gasteiger partial charge in [0, 0.05) is 56.8 Å². The number of anilines is 2. The summed E-state index contributed by atoms with van der Waals surface area (Å²) in [5.74, 6) is 1.04. The maximum atomic E-state index is 13.4. The minimum atomic E-state index is -0.351. The number of oxazole rings is 1. The first-order chi connectivity index (χ1) is 23.4. The zero-order valence-corrected chi connectivity index (χ0v) is 28.1. The molecule has 1 aromatic heterocycles. The van der Waals surface area contributed by atoms with E-state index in [2.05, 4.69) is 57.0 Å². The SMILES string of the molecule is Cc1ccccc1CCC1CCCN(c2ccc(C(=O)NCCCNC(=O)C3CCOCC3)cc2NC(=O)c2coc(C3CC3)n2)CC1. The van der Waals surface area contributed by atoms with Gasteiger partial charge in [0.25, 0.3) is 11.8 Å². The van der Waals surface area contributed by atoms with Crippen LogP contribution in [0.25, 0.3) is 0 Å². The van der Waals surface area contributed by atoms with Crippen LogP contribution in [0.3, 0.4) is 0 Å². The lowest BCUT2D eigenvalue weighted by Crippen LogP contribution is -2.36. The van der Waals surface area contributed by atoms with Crippen molar-refractivity contribution in [3.8, 4) is 0 Å². The van der Waals surface area contributed by atoms with Gasteiger partial charge < -0.3 is 30.0 Å². The number of amides is 3. The van der Waals surface area contributed by atoms with Crippen LogP contribution in [-0.4, -0.2) is 62.1 Å². The van der Waals surface area contributed by atoms with Crippen LogP contribution in [0.15, 0.2) is 53.1 Å². The van der Waals surface area contributed by atoms with Gasteiger partial charge in [0.2, 0.25) is 5.91 Å². The van der Waals surface area contributed by atoms with Gasteiger partial charge in [-0.15, -0.1) is 0 Å². The smallest absolute Gasteiger partial charge is 0.277 e. The quantitative estimate of drug-likeness (QED) is 0.193. The van der Waals surface area contributed by atoms with Gasteiger partial charge >= 0.3 is 0 Å². The van der Waals surface area contributed by atoms with Crippen LogP contribution >= 0.6 is 0 Å². The molecule has 1 aliphatic carbocycles. The van der Waals surface area contributed by atoms with Crippen molar-refractivity contribution >= 4 is 29.1 Å². The third-order valence-electron chi connectivity index (χ3n) is 9.99. The molecule has 1 saturated carbocycles. The number of benzene rings is 2. The van der Waals surface area contributed by atoms with E-state index in [1.54, 1.807) is 6.07 Å². The molecule has 0 radical (unpaired) electrons. The van der Waals surface area contributed by atoms with Crippen LogP contribution in [0.5, 0.6) is 0 Å². The average molecular weight is 656 g/mol. The Morgan fingerprint density at radius 2 is 1.73 bits per heavy atom. The lowest BCUT2D eigenvalue weighted by Gasteiger charge is -2.26. The number of rotatable bonds is 13. The van der Waals surface area contributed by atoms with Gasteiger partial charge in [-0.05, 0) is 106 Å². The van der Waals surface area contributed by atoms with Gasteiger partial charge in [0.1, 0.15) is 6.26 Å². The number of nitrogens with one attached hydrogen (secondary N) is 3. The highest BCUT2D eigenvalue weighted by atomic mass is 16.5. The summed E-state index contributed by atoms with van der Waals surface area (Å²) in [4.78, 5) is 45.7. The van der Waals surface area contributed by atoms with E-state index in [4.69, 9.17) is 9.15 Å². The highest BCUT2D eigenvalue weighted by molar-refractivity contribution is 6.06. The Morgan fingerprint density at radius 3 is 2.54 bits per heavy atom. The molecule has 256 valence electrons. The Morgan fingerprint density at radius 1 is 0.917 bits per heavy atom. The fourth-order valence-corrected chi connectivity index (χ4v) is 6.80. The number of aromatic nitrogens is 1. The number of carbonyl (C=O) groups excluding carboxylic acids is 3. The van der Waals surface area contributed by atoms with Crippen molar-refractivity contribution in [2.75, 3.05) is 49.6 Å². The zero-order valence-electron chi connectivity index (χ0n) is 28.1. The second-order valence-corrected chi connectivity index (χ2v) is 13.6. The van der Waals surface area contributed by atoms with Gasteiger partial charge in [-0.1, -0.05) is 24.3 Å². The molecule has 10 heteroatoms. The zero-order chi connectivity index (χ0) is 33.3. The molecule has 2 saturated heterocycles. The van der Waals surface area contributed by atoms with E-state index in [1.807, 2.05) is 12.1 Å². The standard InChI is InChI=1S/C38H49N5O5/c1-26-6-2-3-8-28(26)10-9-27-7-4-20-43(21-15-27)34-14-13-31(24-32(34)41-37(46)33-25-48-38(42-33)30-11-12-30)36(45)40-19-5-18-39-35(44)29-16-22-47-23-17-29/h2-3,6,8,13-14,24-25,27,29-30H,4-5,7,9-12,15-23H2,1H3,(H,39,44)(H,40,45)(H,41,46). The molecule has 3 fully saturated rings. The van der Waals surface area contributed by atoms with Gasteiger partial charge in [0.05, 0.1) is 11.4 Å². The van der Waals surface area contributed by atoms with E-state index >= 15 is 0 Å². The van der Waals surface area contributed by atoms with E-state index in [0.29, 0.717) is 61.7 Å². The van der Waals surface area contributed by atoms with Crippen LogP contribution in [-0.2, 0) is 16.0 Å². The molecular weight excluding hydrogens is 606 g/mol. The van der Waals surface area contributed by atoms with Crippen LogP contribution in [0.1, 0.15) is 102 Å². The fraction of sp³-hybridized carbons (Fsp3) is 0.526. The van der Waals surface area contributed by atoms with E-state index < -0.39 is 0 Å². The fourth-order valence-electron chi connectivity index (χ4n) is 6.80. The first-order valence-electron chi connectivity index (χ1n) is 17.8. The average Bonchev–Trinajstić information content (AvgIpc) is 3.89. The molecule has 3 amide bonds. The van der Waals surface area contributed by atoms with Gasteiger partial charge in [0.15, 0.2) is 11.6 Å². The summed E-state index contributed by atoms with van der Waals surface area (Å²) in [7, 11) is 0. The highest BCUT2D eigenvalue weighted by Crippen LogP contribution is 2.39. The van der Waals surface area contributed by atoms with Gasteiger partial charge in [-0.2, -0.15) is 0 Å². The number of nitrogens with zero attached hydrogens (tertiary/aromatic N) is 2. The predicted octanol–water partition coefficient (Wildman–Crippen LogP) is 6.01. The summed E-state index contributed by atoms with van der Waals surface area (Å²) in [6.07, 6.45) is 11.2. The maximum absolute atomic E-state index is 13.4. The van der Waals surface area contributed by atoms with Gasteiger partial charge in [-0.3, -0.25) is 14.4 Å². The summed E-state index contributed by atoms with van der Waals surface area (Å²) >= 11 is 0. The molecule has 0 spiro atoms. The first-order valence-corrected chi connectivity index (χ1v) is 17.8. The Kier molecular flexibility index (Phi) is 11.4. The molecule has 2 aliphatic heterocycles.